The van der Waals surface area contributed by atoms with Gasteiger partial charge in [-0.1, -0.05) is 27.7 Å². The van der Waals surface area contributed by atoms with E-state index in [1.54, 1.807) is 5.57 Å². The molecule has 1 rings (SSSR count). The Morgan fingerprint density at radius 2 is 1.83 bits per heavy atom. The van der Waals surface area contributed by atoms with E-state index in [2.05, 4.69) is 45.3 Å². The summed E-state index contributed by atoms with van der Waals surface area (Å²) >= 11 is 0. The van der Waals surface area contributed by atoms with Gasteiger partial charge in [0.1, 0.15) is 0 Å². The van der Waals surface area contributed by atoms with Crippen molar-refractivity contribution < 1.29 is 0 Å². The highest BCUT2D eigenvalue weighted by molar-refractivity contribution is 5.32. The minimum Gasteiger partial charge on any atom is -0.387 e. The summed E-state index contributed by atoms with van der Waals surface area (Å²) in [5, 5.41) is 3.26. The van der Waals surface area contributed by atoms with Crippen LogP contribution in [0.15, 0.2) is 23.4 Å². The fourth-order valence-corrected chi connectivity index (χ4v) is 1.63. The molecule has 0 atom stereocenters. The Hall–Kier alpha value is -0.720. The first-order valence-electron chi connectivity index (χ1n) is 4.75. The third-order valence-electron chi connectivity index (χ3n) is 2.36. The molecular weight excluding hydrogens is 146 g/mol. The molecule has 0 bridgehead atoms. The van der Waals surface area contributed by atoms with Gasteiger partial charge in [-0.2, -0.15) is 0 Å². The van der Waals surface area contributed by atoms with Crippen molar-refractivity contribution >= 4 is 0 Å². The summed E-state index contributed by atoms with van der Waals surface area (Å²) in [5.41, 5.74) is 3.08. The molecule has 0 saturated heterocycles. The first kappa shape index (κ1) is 9.37. The van der Waals surface area contributed by atoms with Gasteiger partial charge in [0.15, 0.2) is 0 Å². The van der Waals surface area contributed by atoms with Gasteiger partial charge in [0.05, 0.1) is 0 Å². The fraction of sp³-hybridized carbons (Fsp3) is 0.636. The molecular formula is C11H19N. The van der Waals surface area contributed by atoms with Crippen LogP contribution >= 0.6 is 0 Å². The topological polar surface area (TPSA) is 12.0 Å². The zero-order valence-electron chi connectivity index (χ0n) is 8.52. The Morgan fingerprint density at radius 1 is 1.17 bits per heavy atom. The van der Waals surface area contributed by atoms with Crippen LogP contribution in [0, 0.1) is 11.8 Å². The van der Waals surface area contributed by atoms with Gasteiger partial charge in [-0.05, 0) is 35.3 Å². The SMILES string of the molecule is CC(C)C1=C(C(C)C)CNC=C1. The number of allylic oxidation sites excluding steroid dienone is 2. The molecule has 0 aromatic heterocycles. The van der Waals surface area contributed by atoms with Crippen LogP contribution in [0.2, 0.25) is 0 Å². The fourth-order valence-electron chi connectivity index (χ4n) is 1.63. The van der Waals surface area contributed by atoms with Gasteiger partial charge >= 0.3 is 0 Å². The zero-order chi connectivity index (χ0) is 9.14. The molecule has 0 aromatic rings. The highest BCUT2D eigenvalue weighted by Crippen LogP contribution is 2.23. The maximum absolute atomic E-state index is 3.26. The minimum absolute atomic E-state index is 0.653. The van der Waals surface area contributed by atoms with Crippen LogP contribution in [0.4, 0.5) is 0 Å². The second-order valence-electron chi connectivity index (χ2n) is 4.00. The minimum atomic E-state index is 0.653. The Bertz CT molecular complexity index is 209. The largest absolute Gasteiger partial charge is 0.387 e. The summed E-state index contributed by atoms with van der Waals surface area (Å²) in [5.74, 6) is 1.32. The smallest absolute Gasteiger partial charge is 0.0363 e. The van der Waals surface area contributed by atoms with Crippen molar-refractivity contribution in [1.82, 2.24) is 5.32 Å². The summed E-state index contributed by atoms with van der Waals surface area (Å²) in [7, 11) is 0. The summed E-state index contributed by atoms with van der Waals surface area (Å²) in [6.45, 7) is 10.1. The maximum Gasteiger partial charge on any atom is 0.0363 e. The van der Waals surface area contributed by atoms with Crippen LogP contribution < -0.4 is 5.32 Å². The monoisotopic (exact) mass is 165 g/mol. The molecule has 12 heavy (non-hydrogen) atoms. The van der Waals surface area contributed by atoms with Crippen LogP contribution in [0.5, 0.6) is 0 Å². The molecule has 0 radical (unpaired) electrons. The van der Waals surface area contributed by atoms with E-state index in [-0.39, 0.29) is 0 Å². The van der Waals surface area contributed by atoms with E-state index in [9.17, 15) is 0 Å². The summed E-state index contributed by atoms with van der Waals surface area (Å²) in [4.78, 5) is 0. The van der Waals surface area contributed by atoms with Crippen LogP contribution in [-0.2, 0) is 0 Å². The van der Waals surface area contributed by atoms with Crippen molar-refractivity contribution in [1.29, 1.82) is 0 Å². The van der Waals surface area contributed by atoms with Crippen molar-refractivity contribution in [3.63, 3.8) is 0 Å². The van der Waals surface area contributed by atoms with Crippen molar-refractivity contribution in [3.8, 4) is 0 Å². The second kappa shape index (κ2) is 3.79. The second-order valence-corrected chi connectivity index (χ2v) is 4.00. The van der Waals surface area contributed by atoms with Gasteiger partial charge in [0, 0.05) is 6.54 Å². The van der Waals surface area contributed by atoms with Crippen molar-refractivity contribution in [2.45, 2.75) is 27.7 Å². The molecule has 1 heteroatoms. The lowest BCUT2D eigenvalue weighted by Gasteiger charge is -2.22. The van der Waals surface area contributed by atoms with Crippen LogP contribution in [0.25, 0.3) is 0 Å². The third kappa shape index (κ3) is 1.90. The average Bonchev–Trinajstić information content (AvgIpc) is 2.04. The van der Waals surface area contributed by atoms with Crippen LogP contribution in [0.1, 0.15) is 27.7 Å². The van der Waals surface area contributed by atoms with Crippen molar-refractivity contribution in [2.75, 3.05) is 6.54 Å². The molecule has 0 spiro atoms. The Balaban J connectivity index is 2.92. The Labute approximate surface area is 75.6 Å². The number of hydrogen-bond donors (Lipinski definition) is 1. The lowest BCUT2D eigenvalue weighted by Crippen LogP contribution is -2.20. The van der Waals surface area contributed by atoms with E-state index in [0.717, 1.165) is 6.54 Å². The molecule has 0 unspecified atom stereocenters. The number of nitrogens with one attached hydrogen (secondary N) is 1. The van der Waals surface area contributed by atoms with Gasteiger partial charge in [0.25, 0.3) is 0 Å². The summed E-state index contributed by atoms with van der Waals surface area (Å²) in [6, 6.07) is 0. The Kier molecular flexibility index (Phi) is 2.96. The number of rotatable bonds is 2. The predicted molar refractivity (Wildman–Crippen MR) is 53.8 cm³/mol. The lowest BCUT2D eigenvalue weighted by atomic mass is 9.89. The van der Waals surface area contributed by atoms with E-state index in [0.29, 0.717) is 11.8 Å². The highest BCUT2D eigenvalue weighted by Gasteiger charge is 2.13. The lowest BCUT2D eigenvalue weighted by molar-refractivity contribution is 0.659. The Morgan fingerprint density at radius 3 is 2.25 bits per heavy atom. The normalized spacial score (nSPS) is 17.5. The van der Waals surface area contributed by atoms with Gasteiger partial charge in [0.2, 0.25) is 0 Å². The van der Waals surface area contributed by atoms with Gasteiger partial charge < -0.3 is 5.32 Å². The van der Waals surface area contributed by atoms with E-state index in [1.165, 1.54) is 5.57 Å². The maximum atomic E-state index is 3.26. The zero-order valence-corrected chi connectivity index (χ0v) is 8.52. The molecule has 1 nitrogen and oxygen atoms in total. The average molecular weight is 165 g/mol. The molecule has 0 fully saturated rings. The van der Waals surface area contributed by atoms with Gasteiger partial charge in [-0.15, -0.1) is 0 Å². The first-order chi connectivity index (χ1) is 5.63. The molecule has 0 saturated carbocycles. The summed E-state index contributed by atoms with van der Waals surface area (Å²) < 4.78 is 0. The molecule has 1 heterocycles. The van der Waals surface area contributed by atoms with E-state index < -0.39 is 0 Å². The number of hydrogen-bond acceptors (Lipinski definition) is 1. The standard InChI is InChI=1S/C11H19N/c1-8(2)10-5-6-12-7-11(10)9(3)4/h5-6,8-9,12H,7H2,1-4H3. The van der Waals surface area contributed by atoms with Crippen molar-refractivity contribution in [3.05, 3.63) is 23.4 Å². The quantitative estimate of drug-likeness (QED) is 0.663. The molecule has 1 N–H and O–H groups in total. The van der Waals surface area contributed by atoms with Gasteiger partial charge in [-0.25, -0.2) is 0 Å². The molecule has 68 valence electrons. The molecule has 0 aromatic carbocycles. The molecule has 1 aliphatic rings. The highest BCUT2D eigenvalue weighted by atomic mass is 14.8. The number of dihydropyridines is 1. The van der Waals surface area contributed by atoms with Crippen LogP contribution in [-0.4, -0.2) is 6.54 Å². The van der Waals surface area contributed by atoms with Crippen molar-refractivity contribution in [2.24, 2.45) is 11.8 Å². The molecule has 0 amide bonds. The first-order valence-corrected chi connectivity index (χ1v) is 4.75. The third-order valence-corrected chi connectivity index (χ3v) is 2.36. The van der Waals surface area contributed by atoms with E-state index in [4.69, 9.17) is 0 Å². The molecule has 1 aliphatic heterocycles. The summed E-state index contributed by atoms with van der Waals surface area (Å²) in [6.07, 6.45) is 4.27. The van der Waals surface area contributed by atoms with E-state index >= 15 is 0 Å². The van der Waals surface area contributed by atoms with Crippen LogP contribution in [0.3, 0.4) is 0 Å². The van der Waals surface area contributed by atoms with E-state index in [1.807, 2.05) is 0 Å². The predicted octanol–water partition coefficient (Wildman–Crippen LogP) is 2.71. The molecule has 0 aliphatic carbocycles. The van der Waals surface area contributed by atoms with Gasteiger partial charge in [-0.3, -0.25) is 0 Å².